The molecule has 0 fully saturated rings. The summed E-state index contributed by atoms with van der Waals surface area (Å²) in [7, 11) is -0.795. The molecule has 2 aromatic carbocycles. The van der Waals surface area contributed by atoms with Crippen LogP contribution >= 0.6 is 11.8 Å². The van der Waals surface area contributed by atoms with Gasteiger partial charge in [-0.05, 0) is 37.3 Å². The number of amides is 1. The Morgan fingerprint density at radius 3 is 2.46 bits per heavy atom. The minimum absolute atomic E-state index is 0.0465. The Labute approximate surface area is 155 Å². The van der Waals surface area contributed by atoms with Crippen LogP contribution in [0.15, 0.2) is 52.3 Å². The Bertz CT molecular complexity index is 918. The molecule has 0 aromatic heterocycles. The van der Waals surface area contributed by atoms with Crippen LogP contribution in [0.2, 0.25) is 0 Å². The lowest BCUT2D eigenvalue weighted by Crippen LogP contribution is -2.24. The zero-order chi connectivity index (χ0) is 19.5. The van der Waals surface area contributed by atoms with Crippen molar-refractivity contribution in [2.24, 2.45) is 0 Å². The highest BCUT2D eigenvalue weighted by Crippen LogP contribution is 2.27. The van der Waals surface area contributed by atoms with E-state index in [9.17, 15) is 22.0 Å². The molecule has 0 aliphatic carbocycles. The highest BCUT2D eigenvalue weighted by atomic mass is 32.2. The topological polar surface area (TPSA) is 66.5 Å². The monoisotopic (exact) mass is 400 g/mol. The first-order valence-corrected chi connectivity index (χ1v) is 9.88. The van der Waals surface area contributed by atoms with Crippen molar-refractivity contribution >= 4 is 33.4 Å². The van der Waals surface area contributed by atoms with E-state index in [4.69, 9.17) is 0 Å². The fourth-order valence-corrected chi connectivity index (χ4v) is 3.82. The SMILES string of the molecule is CC(Sc1ccc(F)cc1F)C(=O)Nc1cccc(S(=O)(=O)N(C)C)c1. The molecule has 0 saturated heterocycles. The van der Waals surface area contributed by atoms with E-state index in [0.29, 0.717) is 5.69 Å². The van der Waals surface area contributed by atoms with Gasteiger partial charge in [-0.25, -0.2) is 21.5 Å². The molecule has 0 spiro atoms. The number of carbonyl (C=O) groups excluding carboxylic acids is 1. The van der Waals surface area contributed by atoms with E-state index in [2.05, 4.69) is 5.32 Å². The molecule has 0 radical (unpaired) electrons. The van der Waals surface area contributed by atoms with Crippen LogP contribution in [0, 0.1) is 11.6 Å². The van der Waals surface area contributed by atoms with Gasteiger partial charge in [0.1, 0.15) is 11.6 Å². The Hall–Kier alpha value is -1.97. The Kier molecular flexibility index (Phi) is 6.38. The molecule has 0 bridgehead atoms. The van der Waals surface area contributed by atoms with E-state index in [-0.39, 0.29) is 9.79 Å². The van der Waals surface area contributed by atoms with E-state index in [0.717, 1.165) is 28.2 Å². The summed E-state index contributed by atoms with van der Waals surface area (Å²) in [5, 5.41) is 1.93. The van der Waals surface area contributed by atoms with Crippen LogP contribution in [-0.4, -0.2) is 38.0 Å². The first-order chi connectivity index (χ1) is 12.1. The van der Waals surface area contributed by atoms with Gasteiger partial charge in [-0.1, -0.05) is 6.07 Å². The highest BCUT2D eigenvalue weighted by Gasteiger charge is 2.20. The zero-order valence-electron chi connectivity index (χ0n) is 14.4. The van der Waals surface area contributed by atoms with E-state index in [1.54, 1.807) is 13.0 Å². The van der Waals surface area contributed by atoms with Gasteiger partial charge in [0.05, 0.1) is 10.1 Å². The summed E-state index contributed by atoms with van der Waals surface area (Å²) in [4.78, 5) is 12.5. The van der Waals surface area contributed by atoms with Crippen molar-refractivity contribution in [3.63, 3.8) is 0 Å². The molecule has 1 atom stereocenters. The minimum atomic E-state index is -3.62. The van der Waals surface area contributed by atoms with Crippen LogP contribution < -0.4 is 5.32 Å². The number of hydrogen-bond acceptors (Lipinski definition) is 4. The number of nitrogens with one attached hydrogen (secondary N) is 1. The molecule has 140 valence electrons. The molecule has 0 saturated carbocycles. The lowest BCUT2D eigenvalue weighted by atomic mass is 10.3. The third kappa shape index (κ3) is 4.80. The van der Waals surface area contributed by atoms with Crippen LogP contribution in [-0.2, 0) is 14.8 Å². The number of nitrogens with zero attached hydrogens (tertiary/aromatic N) is 1. The van der Waals surface area contributed by atoms with Gasteiger partial charge in [-0.3, -0.25) is 4.79 Å². The molecule has 0 aliphatic rings. The smallest absolute Gasteiger partial charge is 0.242 e. The number of thioether (sulfide) groups is 1. The second kappa shape index (κ2) is 8.15. The third-order valence-corrected chi connectivity index (χ3v) is 6.41. The summed E-state index contributed by atoms with van der Waals surface area (Å²) in [6.45, 7) is 1.57. The summed E-state index contributed by atoms with van der Waals surface area (Å²) in [5.74, 6) is -1.87. The summed E-state index contributed by atoms with van der Waals surface area (Å²) >= 11 is 0.941. The molecular weight excluding hydrogens is 382 g/mol. The lowest BCUT2D eigenvalue weighted by molar-refractivity contribution is -0.115. The van der Waals surface area contributed by atoms with Gasteiger partial charge < -0.3 is 5.32 Å². The Morgan fingerprint density at radius 2 is 1.85 bits per heavy atom. The predicted molar refractivity (Wildman–Crippen MR) is 97.6 cm³/mol. The maximum atomic E-state index is 13.7. The second-order valence-corrected chi connectivity index (χ2v) is 9.17. The largest absolute Gasteiger partial charge is 0.325 e. The third-order valence-electron chi connectivity index (χ3n) is 3.45. The second-order valence-electron chi connectivity index (χ2n) is 5.64. The van der Waals surface area contributed by atoms with Crippen molar-refractivity contribution < 1.29 is 22.0 Å². The normalized spacial score (nSPS) is 12.8. The quantitative estimate of drug-likeness (QED) is 0.756. The summed E-state index contributed by atoms with van der Waals surface area (Å²) < 4.78 is 52.0. The van der Waals surface area contributed by atoms with Gasteiger partial charge in [-0.15, -0.1) is 11.8 Å². The standard InChI is InChI=1S/C17H18F2N2O3S2/c1-11(25-16-8-7-12(18)9-15(16)19)17(22)20-13-5-4-6-14(10-13)26(23,24)21(2)3/h4-11H,1-3H3,(H,20,22). The van der Waals surface area contributed by atoms with Crippen LogP contribution in [0.5, 0.6) is 0 Å². The van der Waals surface area contributed by atoms with Crippen LogP contribution in [0.3, 0.4) is 0 Å². The molecule has 1 amide bonds. The molecule has 1 N–H and O–H groups in total. The number of hydrogen-bond donors (Lipinski definition) is 1. The average Bonchev–Trinajstić information content (AvgIpc) is 2.57. The summed E-state index contributed by atoms with van der Waals surface area (Å²) in [6.07, 6.45) is 0. The maximum absolute atomic E-state index is 13.7. The molecule has 5 nitrogen and oxygen atoms in total. The number of carbonyl (C=O) groups is 1. The number of rotatable bonds is 6. The average molecular weight is 400 g/mol. The van der Waals surface area contributed by atoms with Gasteiger partial charge in [0.25, 0.3) is 0 Å². The summed E-state index contributed by atoms with van der Waals surface area (Å²) in [5.41, 5.74) is 0.310. The molecule has 0 heterocycles. The first-order valence-electron chi connectivity index (χ1n) is 7.56. The van der Waals surface area contributed by atoms with Gasteiger partial charge >= 0.3 is 0 Å². The minimum Gasteiger partial charge on any atom is -0.325 e. The van der Waals surface area contributed by atoms with Gasteiger partial charge in [0, 0.05) is 30.7 Å². The Morgan fingerprint density at radius 1 is 1.15 bits per heavy atom. The van der Waals surface area contributed by atoms with E-state index >= 15 is 0 Å². The van der Waals surface area contributed by atoms with Gasteiger partial charge in [-0.2, -0.15) is 0 Å². The molecule has 2 aromatic rings. The van der Waals surface area contributed by atoms with Crippen molar-refractivity contribution in [3.8, 4) is 0 Å². The molecule has 9 heteroatoms. The fraction of sp³-hybridized carbons (Fsp3) is 0.235. The van der Waals surface area contributed by atoms with Crippen LogP contribution in [0.4, 0.5) is 14.5 Å². The zero-order valence-corrected chi connectivity index (χ0v) is 16.0. The molecule has 0 aliphatic heterocycles. The number of sulfonamides is 1. The van der Waals surface area contributed by atoms with Crippen molar-refractivity contribution in [2.45, 2.75) is 22.0 Å². The molecule has 26 heavy (non-hydrogen) atoms. The van der Waals surface area contributed by atoms with Crippen molar-refractivity contribution in [3.05, 3.63) is 54.1 Å². The van der Waals surface area contributed by atoms with E-state index < -0.39 is 32.8 Å². The fourth-order valence-electron chi connectivity index (χ4n) is 2.00. The van der Waals surface area contributed by atoms with E-state index in [1.807, 2.05) is 0 Å². The summed E-state index contributed by atoms with van der Waals surface area (Å²) in [6, 6.07) is 8.99. The number of halogens is 2. The molecular formula is C17H18F2N2O3S2. The number of anilines is 1. The van der Waals surface area contributed by atoms with Crippen molar-refractivity contribution in [1.29, 1.82) is 0 Å². The first kappa shape index (κ1) is 20.3. The molecule has 1 unspecified atom stereocenters. The van der Waals surface area contributed by atoms with Crippen molar-refractivity contribution in [2.75, 3.05) is 19.4 Å². The molecule has 2 rings (SSSR count). The highest BCUT2D eigenvalue weighted by molar-refractivity contribution is 8.00. The van der Waals surface area contributed by atoms with Crippen LogP contribution in [0.1, 0.15) is 6.92 Å². The Balaban J connectivity index is 2.12. The van der Waals surface area contributed by atoms with Gasteiger partial charge in [0.2, 0.25) is 15.9 Å². The van der Waals surface area contributed by atoms with Crippen molar-refractivity contribution in [1.82, 2.24) is 4.31 Å². The number of benzene rings is 2. The maximum Gasteiger partial charge on any atom is 0.242 e. The lowest BCUT2D eigenvalue weighted by Gasteiger charge is -2.15. The predicted octanol–water partition coefficient (Wildman–Crippen LogP) is 3.33. The van der Waals surface area contributed by atoms with Crippen LogP contribution in [0.25, 0.3) is 0 Å². The van der Waals surface area contributed by atoms with Gasteiger partial charge in [0.15, 0.2) is 0 Å². The van der Waals surface area contributed by atoms with E-state index in [1.165, 1.54) is 38.4 Å².